The molecule has 0 unspecified atom stereocenters. The fourth-order valence-electron chi connectivity index (χ4n) is 0. The first-order chi connectivity index (χ1) is 3.00. The zero-order valence-electron chi connectivity index (χ0n) is 3.23. The number of hydrogen-bond acceptors (Lipinski definition) is 3. The van der Waals surface area contributed by atoms with Crippen molar-refractivity contribution in [3.63, 3.8) is 0 Å². The van der Waals surface area contributed by atoms with Crippen molar-refractivity contribution in [2.75, 3.05) is 0 Å². The van der Waals surface area contributed by atoms with Crippen LogP contribution in [0, 0.1) is 0 Å². The predicted octanol–water partition coefficient (Wildman–Crippen LogP) is -2.34. The Morgan fingerprint density at radius 3 is 1.12 bits per heavy atom. The van der Waals surface area contributed by atoms with E-state index in [0.29, 0.717) is 16.2 Å². The van der Waals surface area contributed by atoms with Gasteiger partial charge in [0.05, 0.1) is 0 Å². The zero-order valence-corrected chi connectivity index (χ0v) is 5.47. The van der Waals surface area contributed by atoms with Gasteiger partial charge in [0.2, 0.25) is 0 Å². The Morgan fingerprint density at radius 2 is 1.12 bits per heavy atom. The van der Waals surface area contributed by atoms with Gasteiger partial charge in [0, 0.05) is 0 Å². The second-order valence-electron chi connectivity index (χ2n) is 0.448. The van der Waals surface area contributed by atoms with Gasteiger partial charge in [-0.3, -0.25) is 9.11 Å². The molecule has 0 aromatic carbocycles. The van der Waals surface area contributed by atoms with Crippen LogP contribution in [0.3, 0.4) is 0 Å². The average Bonchev–Trinajstić information content (AvgIpc) is 1.36. The van der Waals surface area contributed by atoms with E-state index in [2.05, 4.69) is 0 Å². The molecule has 8 heteroatoms. The Labute approximate surface area is 95.1 Å². The molecular formula is H5AlBaO5S. The third-order valence-electron chi connectivity index (χ3n) is 0. The summed E-state index contributed by atoms with van der Waals surface area (Å²) in [5, 5.41) is 0. The van der Waals surface area contributed by atoms with Crippen LogP contribution >= 0.6 is 0 Å². The van der Waals surface area contributed by atoms with Crippen molar-refractivity contribution in [1.29, 1.82) is 0 Å². The molecular weight excluding hydrogens is 276 g/mol. The molecule has 0 bridgehead atoms. The van der Waals surface area contributed by atoms with Crippen LogP contribution in [-0.2, 0) is 14.2 Å². The topological polar surface area (TPSA) is 91.7 Å². The molecule has 0 rings (SSSR count). The number of hydrogen-bond donors (Lipinski definition) is 2. The first-order valence-corrected chi connectivity index (χ1v) is 2.96. The van der Waals surface area contributed by atoms with Crippen LogP contribution in [0.1, 0.15) is 0 Å². The van der Waals surface area contributed by atoms with E-state index in [4.69, 9.17) is 21.3 Å². The standard InChI is InChI=1S/Al.Ba.H2O4S.O.3H/c;;1-5(2,3)4;;;;/h;;(H2,1,2,3,4);;;;. The van der Waals surface area contributed by atoms with Crippen molar-refractivity contribution in [1.82, 2.24) is 0 Å². The molecule has 0 saturated carbocycles. The molecule has 0 aliphatic rings. The molecule has 0 spiro atoms. The van der Waals surface area contributed by atoms with Crippen LogP contribution in [0.15, 0.2) is 0 Å². The Balaban J connectivity index is -0.0000000750. The summed E-state index contributed by atoms with van der Waals surface area (Å²) >= 11 is 0.611. The van der Waals surface area contributed by atoms with E-state index in [-0.39, 0.29) is 48.9 Å². The molecule has 0 amide bonds. The van der Waals surface area contributed by atoms with Crippen LogP contribution in [0.4, 0.5) is 0 Å². The normalized spacial score (nSPS) is 7.62. The van der Waals surface area contributed by atoms with Gasteiger partial charge in [-0.15, -0.1) is 0 Å². The molecule has 0 aromatic heterocycles. The SMILES string of the molecule is O=S(=O)(O)O.[BaH2].[O]=[AlH]. The summed E-state index contributed by atoms with van der Waals surface area (Å²) in [4.78, 5) is 0. The first-order valence-electron chi connectivity index (χ1n) is 0.987. The summed E-state index contributed by atoms with van der Waals surface area (Å²) in [6.45, 7) is 0. The zero-order chi connectivity index (χ0) is 6.50. The van der Waals surface area contributed by atoms with Crippen molar-refractivity contribution >= 4 is 75.5 Å². The van der Waals surface area contributed by atoms with E-state index >= 15 is 0 Å². The van der Waals surface area contributed by atoms with Crippen molar-refractivity contribution in [2.24, 2.45) is 0 Å². The van der Waals surface area contributed by atoms with Gasteiger partial charge in [0.15, 0.2) is 0 Å². The van der Waals surface area contributed by atoms with Crippen LogP contribution in [-0.4, -0.2) is 82.6 Å². The van der Waals surface area contributed by atoms with E-state index in [1.54, 1.807) is 0 Å². The van der Waals surface area contributed by atoms with Gasteiger partial charge in [-0.05, 0) is 0 Å². The molecule has 0 radical (unpaired) electrons. The van der Waals surface area contributed by atoms with Gasteiger partial charge in [-0.25, -0.2) is 0 Å². The molecule has 0 aliphatic carbocycles. The summed E-state index contributed by atoms with van der Waals surface area (Å²) in [6, 6.07) is 0. The average molecular weight is 281 g/mol. The minimum atomic E-state index is -4.67. The Morgan fingerprint density at radius 1 is 1.12 bits per heavy atom. The van der Waals surface area contributed by atoms with Gasteiger partial charge in [-0.1, -0.05) is 0 Å². The molecule has 0 saturated heterocycles. The Hall–Kier alpha value is 1.77. The van der Waals surface area contributed by atoms with E-state index < -0.39 is 10.4 Å². The molecule has 0 aliphatic heterocycles. The van der Waals surface area contributed by atoms with Crippen LogP contribution in [0.2, 0.25) is 0 Å². The first kappa shape index (κ1) is 16.4. The third kappa shape index (κ3) is 113. The fourth-order valence-corrected chi connectivity index (χ4v) is 0. The maximum absolute atomic E-state index is 8.74. The fraction of sp³-hybridized carbons (Fsp3) is 0. The third-order valence-corrected chi connectivity index (χ3v) is 0. The van der Waals surface area contributed by atoms with Crippen molar-refractivity contribution in [3.05, 3.63) is 0 Å². The van der Waals surface area contributed by atoms with E-state index in [0.717, 1.165) is 0 Å². The molecule has 0 atom stereocenters. The van der Waals surface area contributed by atoms with E-state index in [9.17, 15) is 0 Å². The summed E-state index contributed by atoms with van der Waals surface area (Å²) < 4.78 is 39.9. The van der Waals surface area contributed by atoms with Crippen molar-refractivity contribution in [3.8, 4) is 0 Å². The van der Waals surface area contributed by atoms with E-state index in [1.165, 1.54) is 0 Å². The van der Waals surface area contributed by atoms with Crippen molar-refractivity contribution in [2.45, 2.75) is 0 Å². The monoisotopic (exact) mass is 282 g/mol. The molecule has 8 heavy (non-hydrogen) atoms. The second-order valence-corrected chi connectivity index (χ2v) is 1.34. The molecule has 0 aromatic rings. The molecule has 46 valence electrons. The maximum atomic E-state index is 8.74. The van der Waals surface area contributed by atoms with Crippen molar-refractivity contribution < 1.29 is 21.3 Å². The summed E-state index contributed by atoms with van der Waals surface area (Å²) in [7, 11) is -4.67. The Bertz CT molecular complexity index is 106. The summed E-state index contributed by atoms with van der Waals surface area (Å²) in [5.41, 5.74) is 0. The van der Waals surface area contributed by atoms with Gasteiger partial charge < -0.3 is 0 Å². The van der Waals surface area contributed by atoms with Gasteiger partial charge >= 0.3 is 79.3 Å². The summed E-state index contributed by atoms with van der Waals surface area (Å²) in [6.07, 6.45) is 0. The minimum absolute atomic E-state index is 0. The second kappa shape index (κ2) is 8.77. The van der Waals surface area contributed by atoms with E-state index in [1.807, 2.05) is 0 Å². The Kier molecular flexibility index (Phi) is 18.0. The predicted molar refractivity (Wildman–Crippen MR) is 30.6 cm³/mol. The number of rotatable bonds is 0. The molecule has 0 fully saturated rings. The summed E-state index contributed by atoms with van der Waals surface area (Å²) in [5.74, 6) is 0. The van der Waals surface area contributed by atoms with Gasteiger partial charge in [0.1, 0.15) is 0 Å². The quantitative estimate of drug-likeness (QED) is 0.384. The molecule has 2 N–H and O–H groups in total. The molecule has 5 nitrogen and oxygen atoms in total. The van der Waals surface area contributed by atoms with Crippen LogP contribution in [0.5, 0.6) is 0 Å². The van der Waals surface area contributed by atoms with Gasteiger partial charge in [0.25, 0.3) is 0 Å². The van der Waals surface area contributed by atoms with Gasteiger partial charge in [-0.2, -0.15) is 8.42 Å². The van der Waals surface area contributed by atoms with Crippen LogP contribution < -0.4 is 0 Å². The molecule has 0 heterocycles. The van der Waals surface area contributed by atoms with Crippen LogP contribution in [0.25, 0.3) is 0 Å².